The van der Waals surface area contributed by atoms with Gasteiger partial charge in [-0.2, -0.15) is 0 Å². The van der Waals surface area contributed by atoms with Gasteiger partial charge in [-0.3, -0.25) is 0 Å². The number of aromatic nitrogens is 2. The van der Waals surface area contributed by atoms with E-state index < -0.39 is 8.07 Å². The van der Waals surface area contributed by atoms with E-state index in [0.717, 1.165) is 31.5 Å². The molecule has 2 aromatic rings. The van der Waals surface area contributed by atoms with Crippen molar-refractivity contribution in [1.82, 2.24) is 9.55 Å². The third-order valence-electron chi connectivity index (χ3n) is 6.12. The van der Waals surface area contributed by atoms with E-state index in [1.807, 2.05) is 6.20 Å². The molecule has 1 aliphatic carbocycles. The van der Waals surface area contributed by atoms with Crippen molar-refractivity contribution in [1.29, 1.82) is 0 Å². The highest BCUT2D eigenvalue weighted by molar-refractivity contribution is 6.76. The van der Waals surface area contributed by atoms with Crippen molar-refractivity contribution in [2.24, 2.45) is 5.92 Å². The third kappa shape index (κ3) is 4.78. The average Bonchev–Trinajstić information content (AvgIpc) is 3.00. The van der Waals surface area contributed by atoms with Gasteiger partial charge in [0.2, 0.25) is 0 Å². The van der Waals surface area contributed by atoms with Gasteiger partial charge >= 0.3 is 0 Å². The molecular formula is C22H37N3O2Si. The number of pyridine rings is 1. The number of ether oxygens (including phenoxy) is 1. The van der Waals surface area contributed by atoms with Gasteiger partial charge in [-0.15, -0.1) is 0 Å². The predicted molar refractivity (Wildman–Crippen MR) is 120 cm³/mol. The molecule has 1 saturated carbocycles. The number of anilines is 1. The molecule has 3 unspecified atom stereocenters. The smallest absolute Gasteiger partial charge is 0.143 e. The van der Waals surface area contributed by atoms with Crippen molar-refractivity contribution in [3.05, 3.63) is 24.0 Å². The highest BCUT2D eigenvalue weighted by Crippen LogP contribution is 2.36. The average molecular weight is 404 g/mol. The van der Waals surface area contributed by atoms with E-state index in [0.29, 0.717) is 18.7 Å². The Kier molecular flexibility index (Phi) is 6.52. The van der Waals surface area contributed by atoms with Gasteiger partial charge in [0.05, 0.1) is 11.8 Å². The van der Waals surface area contributed by atoms with Crippen LogP contribution in [0, 0.1) is 12.8 Å². The molecule has 1 fully saturated rings. The molecule has 28 heavy (non-hydrogen) atoms. The van der Waals surface area contributed by atoms with E-state index in [2.05, 4.69) is 62.3 Å². The summed E-state index contributed by atoms with van der Waals surface area (Å²) in [5.74, 6) is 0.475. The molecule has 0 aromatic carbocycles. The minimum Gasteiger partial charge on any atom is -0.393 e. The van der Waals surface area contributed by atoms with E-state index >= 15 is 0 Å². The second-order valence-electron chi connectivity index (χ2n) is 9.78. The molecule has 6 heteroatoms. The topological polar surface area (TPSA) is 50.5 Å². The van der Waals surface area contributed by atoms with Crippen LogP contribution < -0.4 is 4.90 Å². The van der Waals surface area contributed by atoms with Crippen LogP contribution in [0.4, 0.5) is 5.69 Å². The largest absolute Gasteiger partial charge is 0.393 e. The molecule has 0 saturated heterocycles. The summed E-state index contributed by atoms with van der Waals surface area (Å²) in [5.41, 5.74) is 3.45. The number of aliphatic hydroxyl groups excluding tert-OH is 1. The first kappa shape index (κ1) is 21.3. The molecule has 156 valence electrons. The van der Waals surface area contributed by atoms with Crippen LogP contribution in [0.2, 0.25) is 25.7 Å². The number of rotatable bonds is 7. The van der Waals surface area contributed by atoms with Crippen molar-refractivity contribution in [2.75, 3.05) is 18.6 Å². The summed E-state index contributed by atoms with van der Waals surface area (Å²) in [4.78, 5) is 7.14. The van der Waals surface area contributed by atoms with E-state index in [9.17, 15) is 5.11 Å². The van der Waals surface area contributed by atoms with E-state index in [1.165, 1.54) is 22.7 Å². The van der Waals surface area contributed by atoms with Gasteiger partial charge in [0.25, 0.3) is 0 Å². The van der Waals surface area contributed by atoms with Crippen LogP contribution in [0.3, 0.4) is 0 Å². The lowest BCUT2D eigenvalue weighted by Gasteiger charge is -2.40. The zero-order valence-corrected chi connectivity index (χ0v) is 19.4. The fraction of sp³-hybridized carbons (Fsp3) is 0.682. The minimum atomic E-state index is -1.07. The summed E-state index contributed by atoms with van der Waals surface area (Å²) >= 11 is 0. The normalized spacial score (nSPS) is 23.3. The summed E-state index contributed by atoms with van der Waals surface area (Å²) in [6.07, 6.45) is 6.73. The van der Waals surface area contributed by atoms with Crippen molar-refractivity contribution in [3.8, 4) is 0 Å². The molecule has 3 rings (SSSR count). The van der Waals surface area contributed by atoms with Crippen LogP contribution in [-0.2, 0) is 11.5 Å². The van der Waals surface area contributed by atoms with Crippen LogP contribution in [-0.4, -0.2) is 48.5 Å². The molecule has 2 heterocycles. The van der Waals surface area contributed by atoms with Crippen LogP contribution in [0.5, 0.6) is 0 Å². The van der Waals surface area contributed by atoms with Crippen molar-refractivity contribution in [2.45, 2.75) is 77.7 Å². The Hall–Kier alpha value is -1.37. The van der Waals surface area contributed by atoms with Crippen molar-refractivity contribution >= 4 is 24.8 Å². The number of aryl methyl sites for hydroxylation is 1. The van der Waals surface area contributed by atoms with Gasteiger partial charge in [-0.25, -0.2) is 4.98 Å². The Labute approximate surface area is 170 Å². The fourth-order valence-electron chi connectivity index (χ4n) is 4.43. The summed E-state index contributed by atoms with van der Waals surface area (Å²) in [6, 6.07) is 3.80. The molecule has 0 amide bonds. The number of fused-ring (bicyclic) bond motifs is 1. The maximum Gasteiger partial charge on any atom is 0.143 e. The van der Waals surface area contributed by atoms with Gasteiger partial charge in [-0.05, 0) is 49.8 Å². The van der Waals surface area contributed by atoms with Gasteiger partial charge in [0, 0.05) is 45.6 Å². The molecule has 0 spiro atoms. The Balaban J connectivity index is 1.79. The maximum atomic E-state index is 9.99. The zero-order valence-electron chi connectivity index (χ0n) is 18.4. The molecule has 0 radical (unpaired) electrons. The summed E-state index contributed by atoms with van der Waals surface area (Å²) < 4.78 is 8.07. The third-order valence-corrected chi connectivity index (χ3v) is 7.82. The number of hydrogen-bond donors (Lipinski definition) is 1. The van der Waals surface area contributed by atoms with Crippen LogP contribution in [0.15, 0.2) is 18.5 Å². The Bertz CT molecular complexity index is 799. The minimum absolute atomic E-state index is 0.146. The summed E-state index contributed by atoms with van der Waals surface area (Å²) in [7, 11) is 1.13. The first-order valence-electron chi connectivity index (χ1n) is 10.6. The van der Waals surface area contributed by atoms with Gasteiger partial charge < -0.3 is 19.3 Å². The van der Waals surface area contributed by atoms with E-state index in [4.69, 9.17) is 9.72 Å². The lowest BCUT2D eigenvalue weighted by molar-refractivity contribution is 0.0898. The quantitative estimate of drug-likeness (QED) is 0.540. The lowest BCUT2D eigenvalue weighted by atomic mass is 9.83. The van der Waals surface area contributed by atoms with Crippen molar-refractivity contribution in [3.63, 3.8) is 0 Å². The highest BCUT2D eigenvalue weighted by atomic mass is 28.3. The predicted octanol–water partition coefficient (Wildman–Crippen LogP) is 4.64. The zero-order chi connectivity index (χ0) is 20.5. The second-order valence-corrected chi connectivity index (χ2v) is 15.4. The fourth-order valence-corrected chi connectivity index (χ4v) is 5.19. The molecule has 1 aliphatic rings. The standard InChI is InChI=1S/C22H37N3O2Si/c1-16-13-18(26)7-8-20(16)24(3)21-17(2)14-23-22-19(21)9-10-25(22)15-27-11-12-28(4,5)6/h9-10,14,16,18,20,26H,7-8,11-13,15H2,1-6H3. The molecule has 3 atom stereocenters. The molecule has 0 bridgehead atoms. The second kappa shape index (κ2) is 8.55. The molecular weight excluding hydrogens is 366 g/mol. The number of hydrogen-bond acceptors (Lipinski definition) is 4. The molecule has 1 N–H and O–H groups in total. The highest BCUT2D eigenvalue weighted by Gasteiger charge is 2.30. The Morgan fingerprint density at radius 2 is 2.07 bits per heavy atom. The maximum absolute atomic E-state index is 9.99. The molecule has 5 nitrogen and oxygen atoms in total. The van der Waals surface area contributed by atoms with Gasteiger partial charge in [-0.1, -0.05) is 26.6 Å². The van der Waals surface area contributed by atoms with E-state index in [-0.39, 0.29) is 6.10 Å². The van der Waals surface area contributed by atoms with Gasteiger partial charge in [0.15, 0.2) is 0 Å². The number of nitrogens with zero attached hydrogens (tertiary/aromatic N) is 3. The Morgan fingerprint density at radius 3 is 2.75 bits per heavy atom. The van der Waals surface area contributed by atoms with E-state index in [1.54, 1.807) is 0 Å². The van der Waals surface area contributed by atoms with Crippen LogP contribution in [0.25, 0.3) is 11.0 Å². The van der Waals surface area contributed by atoms with Gasteiger partial charge in [0.1, 0.15) is 12.4 Å². The summed E-state index contributed by atoms with van der Waals surface area (Å²) in [5, 5.41) is 11.2. The first-order valence-corrected chi connectivity index (χ1v) is 14.3. The van der Waals surface area contributed by atoms with Crippen LogP contribution in [0.1, 0.15) is 31.7 Å². The van der Waals surface area contributed by atoms with Crippen molar-refractivity contribution < 1.29 is 9.84 Å². The monoisotopic (exact) mass is 403 g/mol. The SMILES string of the molecule is Cc1cnc2c(ccn2COCC[Si](C)(C)C)c1N(C)C1CCC(O)CC1C. The molecule has 0 aliphatic heterocycles. The summed E-state index contributed by atoms with van der Waals surface area (Å²) in [6.45, 7) is 12.9. The first-order chi connectivity index (χ1) is 13.2. The number of aliphatic hydroxyl groups is 1. The van der Waals surface area contributed by atoms with Crippen LogP contribution >= 0.6 is 0 Å². The molecule has 2 aromatic heterocycles. The Morgan fingerprint density at radius 1 is 1.32 bits per heavy atom. The lowest BCUT2D eigenvalue weighted by Crippen LogP contribution is -2.42.